The standard InChI is InChI=1S/C18H18FN3/c1-2-11-6-7-16-14(8-11)17(15(10-20)18(21)22-16)12-4-3-5-13(19)9-12/h3-5,9,11H,2,6-8H2,1H3,(H2,21,22). The molecule has 0 saturated heterocycles. The maximum Gasteiger partial charge on any atom is 0.142 e. The van der Waals surface area contributed by atoms with Gasteiger partial charge in [-0.2, -0.15) is 5.26 Å². The van der Waals surface area contributed by atoms with Crippen LogP contribution in [-0.4, -0.2) is 4.98 Å². The van der Waals surface area contributed by atoms with Crippen molar-refractivity contribution in [2.45, 2.75) is 32.6 Å². The monoisotopic (exact) mass is 295 g/mol. The van der Waals surface area contributed by atoms with Crippen molar-refractivity contribution in [3.05, 3.63) is 46.9 Å². The minimum atomic E-state index is -0.312. The number of aromatic nitrogens is 1. The Kier molecular flexibility index (Phi) is 3.81. The number of fused-ring (bicyclic) bond motifs is 1. The summed E-state index contributed by atoms with van der Waals surface area (Å²) in [6.07, 6.45) is 3.92. The van der Waals surface area contributed by atoms with Gasteiger partial charge in [0.25, 0.3) is 0 Å². The molecule has 0 fully saturated rings. The van der Waals surface area contributed by atoms with Crippen molar-refractivity contribution in [2.75, 3.05) is 5.73 Å². The molecule has 3 nitrogen and oxygen atoms in total. The summed E-state index contributed by atoms with van der Waals surface area (Å²) in [6.45, 7) is 2.17. The minimum absolute atomic E-state index is 0.246. The first-order chi connectivity index (χ1) is 10.6. The molecule has 1 heterocycles. The average Bonchev–Trinajstić information content (AvgIpc) is 2.53. The molecule has 1 aliphatic carbocycles. The van der Waals surface area contributed by atoms with E-state index in [0.29, 0.717) is 17.0 Å². The first-order valence-electron chi connectivity index (χ1n) is 7.61. The molecular formula is C18H18FN3. The van der Waals surface area contributed by atoms with Crippen LogP contribution >= 0.6 is 0 Å². The summed E-state index contributed by atoms with van der Waals surface area (Å²) in [5, 5.41) is 9.49. The molecule has 1 aliphatic rings. The fourth-order valence-electron chi connectivity index (χ4n) is 3.27. The number of nitrogens with two attached hydrogens (primary N) is 1. The molecule has 1 atom stereocenters. The molecule has 4 heteroatoms. The number of hydrogen-bond acceptors (Lipinski definition) is 3. The molecule has 0 saturated carbocycles. The Hall–Kier alpha value is -2.41. The topological polar surface area (TPSA) is 62.7 Å². The van der Waals surface area contributed by atoms with Crippen LogP contribution < -0.4 is 5.73 Å². The fourth-order valence-corrected chi connectivity index (χ4v) is 3.27. The van der Waals surface area contributed by atoms with Crippen LogP contribution in [0.15, 0.2) is 24.3 Å². The number of rotatable bonds is 2. The Morgan fingerprint density at radius 1 is 1.45 bits per heavy atom. The Bertz CT molecular complexity index is 762. The molecular weight excluding hydrogens is 277 g/mol. The summed E-state index contributed by atoms with van der Waals surface area (Å²) in [5.41, 5.74) is 9.83. The third-order valence-corrected chi connectivity index (χ3v) is 4.50. The van der Waals surface area contributed by atoms with Crippen molar-refractivity contribution in [2.24, 2.45) is 5.92 Å². The van der Waals surface area contributed by atoms with Crippen LogP contribution in [0.5, 0.6) is 0 Å². The second kappa shape index (κ2) is 5.76. The predicted molar refractivity (Wildman–Crippen MR) is 84.6 cm³/mol. The fraction of sp³-hybridized carbons (Fsp3) is 0.333. The van der Waals surface area contributed by atoms with Crippen molar-refractivity contribution < 1.29 is 4.39 Å². The zero-order valence-electron chi connectivity index (χ0n) is 12.6. The SMILES string of the molecule is CCC1CCc2nc(N)c(C#N)c(-c3cccc(F)c3)c2C1. The highest BCUT2D eigenvalue weighted by Gasteiger charge is 2.25. The summed E-state index contributed by atoms with van der Waals surface area (Å²) in [6, 6.07) is 8.51. The largest absolute Gasteiger partial charge is 0.383 e. The minimum Gasteiger partial charge on any atom is -0.383 e. The predicted octanol–water partition coefficient (Wildman–Crippen LogP) is 3.86. The van der Waals surface area contributed by atoms with Gasteiger partial charge in [-0.15, -0.1) is 0 Å². The summed E-state index contributed by atoms with van der Waals surface area (Å²) < 4.78 is 13.6. The van der Waals surface area contributed by atoms with Crippen LogP contribution in [0, 0.1) is 23.1 Å². The maximum atomic E-state index is 13.6. The van der Waals surface area contributed by atoms with E-state index in [2.05, 4.69) is 18.0 Å². The van der Waals surface area contributed by atoms with E-state index in [1.54, 1.807) is 6.07 Å². The van der Waals surface area contributed by atoms with Crippen molar-refractivity contribution in [1.82, 2.24) is 4.98 Å². The van der Waals surface area contributed by atoms with Crippen LogP contribution in [0.25, 0.3) is 11.1 Å². The number of pyridine rings is 1. The second-order valence-electron chi connectivity index (χ2n) is 5.81. The van der Waals surface area contributed by atoms with Gasteiger partial charge in [0.05, 0.1) is 0 Å². The molecule has 2 N–H and O–H groups in total. The normalized spacial score (nSPS) is 16.9. The molecule has 1 aromatic carbocycles. The number of halogens is 1. The molecule has 22 heavy (non-hydrogen) atoms. The van der Waals surface area contributed by atoms with E-state index < -0.39 is 0 Å². The summed E-state index contributed by atoms with van der Waals surface area (Å²) in [4.78, 5) is 4.42. The molecule has 3 rings (SSSR count). The molecule has 0 aliphatic heterocycles. The van der Waals surface area contributed by atoms with Crippen LogP contribution in [0.2, 0.25) is 0 Å². The van der Waals surface area contributed by atoms with Crippen molar-refractivity contribution in [3.8, 4) is 17.2 Å². The van der Waals surface area contributed by atoms with Gasteiger partial charge in [-0.25, -0.2) is 9.37 Å². The Morgan fingerprint density at radius 3 is 2.95 bits per heavy atom. The molecule has 0 amide bonds. The summed E-state index contributed by atoms with van der Waals surface area (Å²) in [7, 11) is 0. The zero-order valence-corrected chi connectivity index (χ0v) is 12.6. The second-order valence-corrected chi connectivity index (χ2v) is 5.81. The van der Waals surface area contributed by atoms with Gasteiger partial charge in [0, 0.05) is 11.3 Å². The van der Waals surface area contributed by atoms with E-state index in [1.807, 2.05) is 6.07 Å². The number of anilines is 1. The van der Waals surface area contributed by atoms with Gasteiger partial charge < -0.3 is 5.73 Å². The van der Waals surface area contributed by atoms with E-state index in [0.717, 1.165) is 42.5 Å². The molecule has 0 bridgehead atoms. The lowest BCUT2D eigenvalue weighted by Gasteiger charge is -2.26. The van der Waals surface area contributed by atoms with Crippen LogP contribution in [0.4, 0.5) is 10.2 Å². The van der Waals surface area contributed by atoms with Gasteiger partial charge in [0.2, 0.25) is 0 Å². The van der Waals surface area contributed by atoms with Gasteiger partial charge in [-0.3, -0.25) is 0 Å². The number of nitriles is 1. The smallest absolute Gasteiger partial charge is 0.142 e. The Morgan fingerprint density at radius 2 is 2.27 bits per heavy atom. The van der Waals surface area contributed by atoms with Gasteiger partial charge in [0.1, 0.15) is 23.3 Å². The maximum absolute atomic E-state index is 13.6. The van der Waals surface area contributed by atoms with Gasteiger partial charge in [-0.1, -0.05) is 25.5 Å². The van der Waals surface area contributed by atoms with E-state index in [1.165, 1.54) is 12.1 Å². The number of nitrogen functional groups attached to an aromatic ring is 1. The Balaban J connectivity index is 2.27. The van der Waals surface area contributed by atoms with Crippen molar-refractivity contribution >= 4 is 5.82 Å². The number of nitrogens with zero attached hydrogens (tertiary/aromatic N) is 2. The van der Waals surface area contributed by atoms with Crippen molar-refractivity contribution in [3.63, 3.8) is 0 Å². The van der Waals surface area contributed by atoms with Gasteiger partial charge in [0.15, 0.2) is 0 Å². The van der Waals surface area contributed by atoms with E-state index >= 15 is 0 Å². The molecule has 1 unspecified atom stereocenters. The summed E-state index contributed by atoms with van der Waals surface area (Å²) >= 11 is 0. The third-order valence-electron chi connectivity index (χ3n) is 4.50. The zero-order chi connectivity index (χ0) is 15.7. The molecule has 0 spiro atoms. The summed E-state index contributed by atoms with van der Waals surface area (Å²) in [5.74, 6) is 0.514. The number of aryl methyl sites for hydroxylation is 1. The Labute approximate surface area is 129 Å². The average molecular weight is 295 g/mol. The first-order valence-corrected chi connectivity index (χ1v) is 7.61. The van der Waals surface area contributed by atoms with E-state index in [4.69, 9.17) is 5.73 Å². The van der Waals surface area contributed by atoms with Crippen LogP contribution in [0.1, 0.15) is 36.6 Å². The highest BCUT2D eigenvalue weighted by atomic mass is 19.1. The lowest BCUT2D eigenvalue weighted by molar-refractivity contribution is 0.440. The quantitative estimate of drug-likeness (QED) is 0.915. The van der Waals surface area contributed by atoms with Crippen LogP contribution in [0.3, 0.4) is 0 Å². The molecule has 1 aromatic heterocycles. The van der Waals surface area contributed by atoms with E-state index in [9.17, 15) is 9.65 Å². The molecule has 112 valence electrons. The highest BCUT2D eigenvalue weighted by Crippen LogP contribution is 2.38. The number of hydrogen-bond donors (Lipinski definition) is 1. The van der Waals surface area contributed by atoms with Gasteiger partial charge in [-0.05, 0) is 48.4 Å². The van der Waals surface area contributed by atoms with E-state index in [-0.39, 0.29) is 11.6 Å². The first kappa shape index (κ1) is 14.5. The van der Waals surface area contributed by atoms with Crippen LogP contribution in [-0.2, 0) is 12.8 Å². The number of benzene rings is 1. The van der Waals surface area contributed by atoms with Gasteiger partial charge >= 0.3 is 0 Å². The molecule has 2 aromatic rings. The third kappa shape index (κ3) is 2.43. The lowest BCUT2D eigenvalue weighted by atomic mass is 9.80. The molecule has 0 radical (unpaired) electrons. The van der Waals surface area contributed by atoms with Crippen molar-refractivity contribution in [1.29, 1.82) is 5.26 Å². The lowest BCUT2D eigenvalue weighted by Crippen LogP contribution is -2.18. The highest BCUT2D eigenvalue weighted by molar-refractivity contribution is 5.79.